The number of rotatable bonds is 5. The summed E-state index contributed by atoms with van der Waals surface area (Å²) in [6.45, 7) is 1.96. The largest absolute Gasteiger partial charge is 0.364 e. The molecule has 1 unspecified atom stereocenters. The molecule has 1 heterocycles. The Balaban J connectivity index is 1.77. The van der Waals surface area contributed by atoms with Crippen molar-refractivity contribution in [2.45, 2.75) is 13.0 Å². The molecule has 1 N–H and O–H groups in total. The molecule has 0 fully saturated rings. The van der Waals surface area contributed by atoms with Gasteiger partial charge in [0.05, 0.1) is 4.92 Å². The highest BCUT2D eigenvalue weighted by Crippen LogP contribution is 2.25. The molecule has 26 heavy (non-hydrogen) atoms. The second-order valence-corrected chi connectivity index (χ2v) is 5.79. The predicted octanol–water partition coefficient (Wildman–Crippen LogP) is 4.70. The van der Waals surface area contributed by atoms with Gasteiger partial charge in [-0.15, -0.1) is 0 Å². The molecule has 6 nitrogen and oxygen atoms in total. The lowest BCUT2D eigenvalue weighted by atomic mass is 10.0. The molecule has 0 spiro atoms. The van der Waals surface area contributed by atoms with Crippen molar-refractivity contribution in [1.82, 2.24) is 4.98 Å². The van der Waals surface area contributed by atoms with E-state index in [2.05, 4.69) is 22.4 Å². The number of nitrogens with zero attached hydrogens (tertiary/aromatic N) is 3. The summed E-state index contributed by atoms with van der Waals surface area (Å²) in [5, 5.41) is 23.1. The zero-order valence-electron chi connectivity index (χ0n) is 14.1. The molecule has 0 saturated heterocycles. The van der Waals surface area contributed by atoms with Crippen molar-refractivity contribution in [2.24, 2.45) is 0 Å². The van der Waals surface area contributed by atoms with E-state index in [9.17, 15) is 10.1 Å². The SMILES string of the molecule is CC(Nc1ccc([N+](=O)[O-])c(C#N)n1)c1ccc(-c2ccccc2)cc1. The van der Waals surface area contributed by atoms with Crippen molar-refractivity contribution in [3.63, 3.8) is 0 Å². The zero-order valence-corrected chi connectivity index (χ0v) is 14.1. The topological polar surface area (TPSA) is 91.9 Å². The molecule has 3 rings (SSSR count). The van der Waals surface area contributed by atoms with Gasteiger partial charge in [-0.2, -0.15) is 5.26 Å². The first kappa shape index (κ1) is 17.1. The Morgan fingerprint density at radius 3 is 2.31 bits per heavy atom. The van der Waals surface area contributed by atoms with E-state index in [1.165, 1.54) is 12.1 Å². The molecule has 128 valence electrons. The molecular formula is C20H16N4O2. The van der Waals surface area contributed by atoms with Crippen LogP contribution in [0.25, 0.3) is 11.1 Å². The van der Waals surface area contributed by atoms with Gasteiger partial charge in [-0.05, 0) is 29.7 Å². The molecule has 0 aliphatic rings. The van der Waals surface area contributed by atoms with Crippen LogP contribution >= 0.6 is 0 Å². The van der Waals surface area contributed by atoms with E-state index in [-0.39, 0.29) is 17.4 Å². The van der Waals surface area contributed by atoms with Crippen LogP contribution in [0.2, 0.25) is 0 Å². The van der Waals surface area contributed by atoms with Crippen LogP contribution in [0.3, 0.4) is 0 Å². The number of anilines is 1. The van der Waals surface area contributed by atoms with Gasteiger partial charge in [0, 0.05) is 12.1 Å². The minimum atomic E-state index is -0.610. The van der Waals surface area contributed by atoms with Crippen LogP contribution in [0.15, 0.2) is 66.7 Å². The fraction of sp³-hybridized carbons (Fsp3) is 0.100. The van der Waals surface area contributed by atoms with E-state index >= 15 is 0 Å². The van der Waals surface area contributed by atoms with Crippen LogP contribution in [0, 0.1) is 21.4 Å². The molecule has 0 saturated carbocycles. The number of pyridine rings is 1. The lowest BCUT2D eigenvalue weighted by Gasteiger charge is -2.15. The summed E-state index contributed by atoms with van der Waals surface area (Å²) in [5.74, 6) is 0.423. The number of hydrogen-bond acceptors (Lipinski definition) is 5. The third-order valence-electron chi connectivity index (χ3n) is 4.06. The number of nitriles is 1. The molecule has 6 heteroatoms. The number of hydrogen-bond donors (Lipinski definition) is 1. The summed E-state index contributed by atoms with van der Waals surface area (Å²) in [6, 6.07) is 22.7. The predicted molar refractivity (Wildman–Crippen MR) is 99.5 cm³/mol. The Morgan fingerprint density at radius 2 is 1.69 bits per heavy atom. The fourth-order valence-corrected chi connectivity index (χ4v) is 2.66. The van der Waals surface area contributed by atoms with Gasteiger partial charge >= 0.3 is 5.69 Å². The maximum absolute atomic E-state index is 10.9. The maximum atomic E-state index is 10.9. The highest BCUT2D eigenvalue weighted by atomic mass is 16.6. The Kier molecular flexibility index (Phi) is 4.90. The first-order chi connectivity index (χ1) is 12.6. The third kappa shape index (κ3) is 3.68. The summed E-state index contributed by atoms with van der Waals surface area (Å²) < 4.78 is 0. The highest BCUT2D eigenvalue weighted by Gasteiger charge is 2.16. The monoisotopic (exact) mass is 344 g/mol. The molecule has 1 aromatic heterocycles. The van der Waals surface area contributed by atoms with Gasteiger partial charge in [-0.25, -0.2) is 4.98 Å². The fourth-order valence-electron chi connectivity index (χ4n) is 2.66. The molecule has 0 aliphatic heterocycles. The molecule has 2 aromatic carbocycles. The number of nitro groups is 1. The van der Waals surface area contributed by atoms with Crippen LogP contribution in [-0.2, 0) is 0 Å². The zero-order chi connectivity index (χ0) is 18.5. The van der Waals surface area contributed by atoms with E-state index < -0.39 is 4.92 Å². The summed E-state index contributed by atoms with van der Waals surface area (Å²) in [5.41, 5.74) is 2.82. The molecule has 0 aliphatic carbocycles. The van der Waals surface area contributed by atoms with Crippen molar-refractivity contribution in [3.05, 3.63) is 88.1 Å². The summed E-state index contributed by atoms with van der Waals surface area (Å²) in [7, 11) is 0. The van der Waals surface area contributed by atoms with Crippen LogP contribution in [-0.4, -0.2) is 9.91 Å². The van der Waals surface area contributed by atoms with Gasteiger partial charge in [-0.1, -0.05) is 54.6 Å². The molecule has 0 amide bonds. The maximum Gasteiger partial charge on any atom is 0.305 e. The minimum Gasteiger partial charge on any atom is -0.364 e. The summed E-state index contributed by atoms with van der Waals surface area (Å²) >= 11 is 0. The van der Waals surface area contributed by atoms with Crippen molar-refractivity contribution in [2.75, 3.05) is 5.32 Å². The van der Waals surface area contributed by atoms with E-state index in [1.54, 1.807) is 6.07 Å². The Hall–Kier alpha value is -3.72. The van der Waals surface area contributed by atoms with Crippen LogP contribution in [0.5, 0.6) is 0 Å². The van der Waals surface area contributed by atoms with E-state index in [1.807, 2.05) is 49.4 Å². The molecule has 3 aromatic rings. The van der Waals surface area contributed by atoms with Gasteiger partial charge < -0.3 is 5.32 Å². The Labute approximate surface area is 150 Å². The second kappa shape index (κ2) is 7.45. The lowest BCUT2D eigenvalue weighted by Crippen LogP contribution is -2.09. The van der Waals surface area contributed by atoms with E-state index in [0.29, 0.717) is 5.82 Å². The third-order valence-corrected chi connectivity index (χ3v) is 4.06. The lowest BCUT2D eigenvalue weighted by molar-refractivity contribution is -0.385. The Bertz CT molecular complexity index is 963. The van der Waals surface area contributed by atoms with Crippen molar-refractivity contribution < 1.29 is 4.92 Å². The first-order valence-electron chi connectivity index (χ1n) is 8.06. The van der Waals surface area contributed by atoms with E-state index in [0.717, 1.165) is 16.7 Å². The van der Waals surface area contributed by atoms with Crippen molar-refractivity contribution >= 4 is 11.5 Å². The van der Waals surface area contributed by atoms with Crippen LogP contribution in [0.1, 0.15) is 24.2 Å². The molecule has 0 bridgehead atoms. The Morgan fingerprint density at radius 1 is 1.04 bits per heavy atom. The molecule has 0 radical (unpaired) electrons. The number of benzene rings is 2. The van der Waals surface area contributed by atoms with Gasteiger partial charge in [-0.3, -0.25) is 10.1 Å². The smallest absolute Gasteiger partial charge is 0.305 e. The first-order valence-corrected chi connectivity index (χ1v) is 8.06. The summed E-state index contributed by atoms with van der Waals surface area (Å²) in [4.78, 5) is 14.3. The second-order valence-electron chi connectivity index (χ2n) is 5.79. The van der Waals surface area contributed by atoms with Gasteiger partial charge in [0.15, 0.2) is 0 Å². The highest BCUT2D eigenvalue weighted by molar-refractivity contribution is 5.63. The van der Waals surface area contributed by atoms with Gasteiger partial charge in [0.2, 0.25) is 5.69 Å². The van der Waals surface area contributed by atoms with Crippen LogP contribution < -0.4 is 5.32 Å². The average Bonchev–Trinajstić information content (AvgIpc) is 2.68. The quantitative estimate of drug-likeness (QED) is 0.535. The van der Waals surface area contributed by atoms with Crippen molar-refractivity contribution in [3.8, 4) is 17.2 Å². The van der Waals surface area contributed by atoms with Crippen LogP contribution in [0.4, 0.5) is 11.5 Å². The minimum absolute atomic E-state index is 0.0691. The standard InChI is InChI=1S/C20H16N4O2/c1-14(22-20-12-11-19(24(25)26)18(13-21)23-20)15-7-9-17(10-8-15)16-5-3-2-4-6-16/h2-12,14H,1H3,(H,22,23). The van der Waals surface area contributed by atoms with E-state index in [4.69, 9.17) is 5.26 Å². The normalized spacial score (nSPS) is 11.4. The average molecular weight is 344 g/mol. The van der Waals surface area contributed by atoms with Gasteiger partial charge in [0.25, 0.3) is 0 Å². The van der Waals surface area contributed by atoms with Gasteiger partial charge in [0.1, 0.15) is 11.9 Å². The molecule has 1 atom stereocenters. The molecular weight excluding hydrogens is 328 g/mol. The summed E-state index contributed by atoms with van der Waals surface area (Å²) in [6.07, 6.45) is 0. The number of aromatic nitrogens is 1. The number of nitrogens with one attached hydrogen (secondary N) is 1. The van der Waals surface area contributed by atoms with Crippen molar-refractivity contribution in [1.29, 1.82) is 5.26 Å².